The van der Waals surface area contributed by atoms with E-state index in [-0.39, 0.29) is 12.2 Å². The summed E-state index contributed by atoms with van der Waals surface area (Å²) in [6, 6.07) is 5.69. The van der Waals surface area contributed by atoms with E-state index in [0.29, 0.717) is 23.8 Å². The molecule has 0 spiro atoms. The van der Waals surface area contributed by atoms with Crippen LogP contribution in [0.25, 0.3) is 0 Å². The minimum Gasteiger partial charge on any atom is -0.486 e. The van der Waals surface area contributed by atoms with Crippen molar-refractivity contribution in [1.29, 1.82) is 0 Å². The Morgan fingerprint density at radius 2 is 2.22 bits per heavy atom. The second-order valence-electron chi connectivity index (χ2n) is 4.73. The third-order valence-corrected chi connectivity index (χ3v) is 3.39. The molecule has 0 aromatic heterocycles. The van der Waals surface area contributed by atoms with Crippen molar-refractivity contribution in [2.45, 2.75) is 45.0 Å². The van der Waals surface area contributed by atoms with E-state index in [1.807, 2.05) is 32.0 Å². The normalized spacial score (nSPS) is 26.8. The number of rotatable bonds is 5. The molecule has 0 bridgehead atoms. The van der Waals surface area contributed by atoms with Gasteiger partial charge in [-0.25, -0.2) is 0 Å². The number of aryl methyl sites for hydroxylation is 1. The van der Waals surface area contributed by atoms with Gasteiger partial charge in [0.15, 0.2) is 0 Å². The van der Waals surface area contributed by atoms with E-state index in [1.165, 1.54) is 0 Å². The van der Waals surface area contributed by atoms with Gasteiger partial charge in [-0.3, -0.25) is 0 Å². The quantitative estimate of drug-likeness (QED) is 0.894. The molecule has 0 heterocycles. The topological polar surface area (TPSA) is 38.7 Å². The van der Waals surface area contributed by atoms with Crippen LogP contribution in [-0.4, -0.2) is 30.0 Å². The number of halogens is 1. The van der Waals surface area contributed by atoms with Crippen molar-refractivity contribution in [3.63, 3.8) is 0 Å². The average molecular weight is 271 g/mol. The monoisotopic (exact) mass is 270 g/mol. The first-order valence-electron chi connectivity index (χ1n) is 6.34. The Labute approximate surface area is 113 Å². The zero-order valence-corrected chi connectivity index (χ0v) is 11.5. The molecule has 2 rings (SSSR count). The highest BCUT2D eigenvalue weighted by Gasteiger charge is 2.43. The third kappa shape index (κ3) is 2.97. The van der Waals surface area contributed by atoms with E-state index in [4.69, 9.17) is 21.1 Å². The van der Waals surface area contributed by atoms with E-state index in [2.05, 4.69) is 0 Å². The lowest BCUT2D eigenvalue weighted by Crippen LogP contribution is -2.55. The zero-order valence-electron chi connectivity index (χ0n) is 10.7. The summed E-state index contributed by atoms with van der Waals surface area (Å²) in [5.74, 6) is 0.657. The van der Waals surface area contributed by atoms with Crippen LogP contribution in [0.5, 0.6) is 5.75 Å². The van der Waals surface area contributed by atoms with Crippen LogP contribution in [0.4, 0.5) is 0 Å². The van der Waals surface area contributed by atoms with Crippen molar-refractivity contribution in [3.05, 3.63) is 28.8 Å². The van der Waals surface area contributed by atoms with Gasteiger partial charge in [-0.1, -0.05) is 24.6 Å². The summed E-state index contributed by atoms with van der Waals surface area (Å²) in [5.41, 5.74) is 1.10. The van der Waals surface area contributed by atoms with E-state index in [0.717, 1.165) is 12.0 Å². The number of aliphatic hydroxyl groups excluding tert-OH is 1. The van der Waals surface area contributed by atoms with E-state index >= 15 is 0 Å². The van der Waals surface area contributed by atoms with Crippen molar-refractivity contribution >= 4 is 11.6 Å². The second kappa shape index (κ2) is 5.91. The van der Waals surface area contributed by atoms with E-state index in [9.17, 15) is 5.11 Å². The molecule has 3 atom stereocenters. The van der Waals surface area contributed by atoms with Crippen molar-refractivity contribution in [1.82, 2.24) is 0 Å². The average Bonchev–Trinajstić information content (AvgIpc) is 2.32. The van der Waals surface area contributed by atoms with Gasteiger partial charge < -0.3 is 14.6 Å². The van der Waals surface area contributed by atoms with Crippen molar-refractivity contribution in [2.24, 2.45) is 0 Å². The van der Waals surface area contributed by atoms with Gasteiger partial charge in [-0.05, 0) is 31.0 Å². The van der Waals surface area contributed by atoms with Gasteiger partial charge in [-0.2, -0.15) is 0 Å². The number of hydrogen-bond donors (Lipinski definition) is 1. The van der Waals surface area contributed by atoms with Gasteiger partial charge in [0.2, 0.25) is 0 Å². The standard InChI is InChI=1S/C14H19ClO3/c1-3-6-17-14-11(16)8-13(14)18-12-5-4-9(2)7-10(12)15/h4-5,7,11,13-14,16H,3,6,8H2,1-2H3. The third-order valence-electron chi connectivity index (χ3n) is 3.10. The maximum atomic E-state index is 9.66. The predicted molar refractivity (Wildman–Crippen MR) is 71.3 cm³/mol. The smallest absolute Gasteiger partial charge is 0.138 e. The van der Waals surface area contributed by atoms with Gasteiger partial charge in [0, 0.05) is 13.0 Å². The van der Waals surface area contributed by atoms with Crippen LogP contribution in [0.2, 0.25) is 5.02 Å². The summed E-state index contributed by atoms with van der Waals surface area (Å²) in [7, 11) is 0. The molecule has 3 unspecified atom stereocenters. The Morgan fingerprint density at radius 3 is 2.83 bits per heavy atom. The van der Waals surface area contributed by atoms with Gasteiger partial charge in [-0.15, -0.1) is 0 Å². The maximum absolute atomic E-state index is 9.66. The fourth-order valence-electron chi connectivity index (χ4n) is 2.01. The molecule has 0 aliphatic heterocycles. The summed E-state index contributed by atoms with van der Waals surface area (Å²) in [6.45, 7) is 4.66. The van der Waals surface area contributed by atoms with Crippen molar-refractivity contribution in [3.8, 4) is 5.75 Å². The summed E-state index contributed by atoms with van der Waals surface area (Å²) in [5, 5.41) is 10.3. The molecule has 100 valence electrons. The highest BCUT2D eigenvalue weighted by atomic mass is 35.5. The molecule has 1 N–H and O–H groups in total. The maximum Gasteiger partial charge on any atom is 0.138 e. The molecule has 1 fully saturated rings. The Balaban J connectivity index is 1.96. The van der Waals surface area contributed by atoms with Gasteiger partial charge in [0.25, 0.3) is 0 Å². The van der Waals surface area contributed by atoms with Gasteiger partial charge in [0.05, 0.1) is 11.1 Å². The fraction of sp³-hybridized carbons (Fsp3) is 0.571. The van der Waals surface area contributed by atoms with Crippen LogP contribution in [0.15, 0.2) is 18.2 Å². The molecule has 4 heteroatoms. The van der Waals surface area contributed by atoms with Crippen molar-refractivity contribution in [2.75, 3.05) is 6.61 Å². The first-order valence-corrected chi connectivity index (χ1v) is 6.72. The molecule has 3 nitrogen and oxygen atoms in total. The Bertz CT molecular complexity index is 408. The van der Waals surface area contributed by atoms with E-state index in [1.54, 1.807) is 0 Å². The minimum atomic E-state index is -0.425. The summed E-state index contributed by atoms with van der Waals surface area (Å²) in [4.78, 5) is 0. The molecular weight excluding hydrogens is 252 g/mol. The predicted octanol–water partition coefficient (Wildman–Crippen LogP) is 2.96. The molecule has 0 radical (unpaired) electrons. The number of ether oxygens (including phenoxy) is 2. The van der Waals surface area contributed by atoms with Crippen LogP contribution < -0.4 is 4.74 Å². The molecule has 0 saturated heterocycles. The molecule has 1 aromatic rings. The van der Waals surface area contributed by atoms with Crippen LogP contribution in [-0.2, 0) is 4.74 Å². The first kappa shape index (κ1) is 13.7. The molecule has 1 saturated carbocycles. The summed E-state index contributed by atoms with van der Waals surface area (Å²) >= 11 is 6.11. The largest absolute Gasteiger partial charge is 0.486 e. The SMILES string of the molecule is CCCOC1C(O)CC1Oc1ccc(C)cc1Cl. The Kier molecular flexibility index (Phi) is 4.49. The number of hydrogen-bond acceptors (Lipinski definition) is 3. The van der Waals surface area contributed by atoms with Crippen LogP contribution in [0, 0.1) is 6.92 Å². The Morgan fingerprint density at radius 1 is 1.44 bits per heavy atom. The zero-order chi connectivity index (χ0) is 13.1. The molecule has 0 amide bonds. The van der Waals surface area contributed by atoms with Crippen LogP contribution in [0.3, 0.4) is 0 Å². The van der Waals surface area contributed by atoms with Crippen LogP contribution >= 0.6 is 11.6 Å². The summed E-state index contributed by atoms with van der Waals surface area (Å²) < 4.78 is 11.4. The minimum absolute atomic E-state index is 0.105. The van der Waals surface area contributed by atoms with Crippen molar-refractivity contribution < 1.29 is 14.6 Å². The fourth-order valence-corrected chi connectivity index (χ4v) is 2.29. The molecular formula is C14H19ClO3. The van der Waals surface area contributed by atoms with Gasteiger partial charge >= 0.3 is 0 Å². The highest BCUT2D eigenvalue weighted by Crippen LogP contribution is 2.33. The number of aliphatic hydroxyl groups is 1. The molecule has 1 aliphatic rings. The molecule has 18 heavy (non-hydrogen) atoms. The summed E-state index contributed by atoms with van der Waals surface area (Å²) in [6.07, 6.45) is 0.764. The Hall–Kier alpha value is -0.770. The molecule has 1 aromatic carbocycles. The lowest BCUT2D eigenvalue weighted by molar-refractivity contribution is -0.162. The van der Waals surface area contributed by atoms with E-state index < -0.39 is 6.10 Å². The number of benzene rings is 1. The second-order valence-corrected chi connectivity index (χ2v) is 5.14. The highest BCUT2D eigenvalue weighted by molar-refractivity contribution is 6.32. The lowest BCUT2D eigenvalue weighted by Gasteiger charge is -2.40. The first-order chi connectivity index (χ1) is 8.61. The molecule has 1 aliphatic carbocycles. The van der Waals surface area contributed by atoms with Crippen LogP contribution in [0.1, 0.15) is 25.3 Å². The lowest BCUT2D eigenvalue weighted by atomic mass is 9.88. The van der Waals surface area contributed by atoms with Gasteiger partial charge in [0.1, 0.15) is 18.0 Å².